The van der Waals surface area contributed by atoms with E-state index in [9.17, 15) is 9.59 Å². The minimum atomic E-state index is -0.0815. The molecule has 2 aromatic carbocycles. The average molecular weight is 363 g/mol. The monoisotopic (exact) mass is 363 g/mol. The number of para-hydroxylation sites is 1. The number of amides is 1. The molecule has 4 nitrogen and oxygen atoms in total. The number of Topliss-reactive ketones (excluding diaryl/α,β-unsaturated/α-hetero) is 1. The summed E-state index contributed by atoms with van der Waals surface area (Å²) >= 11 is 0. The SMILES string of the molecule is CCCOc1ccccc1/C=C/C(=O)N1CCCc2ccc(C(C)=O)cc21. The lowest BCUT2D eigenvalue weighted by Crippen LogP contribution is -2.34. The molecule has 0 radical (unpaired) electrons. The summed E-state index contributed by atoms with van der Waals surface area (Å²) in [5.74, 6) is 0.705. The number of fused-ring (bicyclic) bond motifs is 1. The first kappa shape index (κ1) is 18.9. The number of hydrogen-bond acceptors (Lipinski definition) is 3. The summed E-state index contributed by atoms with van der Waals surface area (Å²) in [6.45, 7) is 4.91. The van der Waals surface area contributed by atoms with Crippen LogP contribution in [-0.4, -0.2) is 24.8 Å². The zero-order valence-electron chi connectivity index (χ0n) is 15.9. The quantitative estimate of drug-likeness (QED) is 0.553. The zero-order valence-corrected chi connectivity index (χ0v) is 15.9. The highest BCUT2D eigenvalue weighted by Crippen LogP contribution is 2.29. The molecule has 0 atom stereocenters. The Bertz CT molecular complexity index is 870. The molecule has 0 saturated heterocycles. The molecule has 0 N–H and O–H groups in total. The van der Waals surface area contributed by atoms with Gasteiger partial charge in [0.1, 0.15) is 5.75 Å². The van der Waals surface area contributed by atoms with Gasteiger partial charge in [-0.15, -0.1) is 0 Å². The second-order valence-electron chi connectivity index (χ2n) is 6.71. The van der Waals surface area contributed by atoms with Crippen molar-refractivity contribution < 1.29 is 14.3 Å². The van der Waals surface area contributed by atoms with Crippen molar-refractivity contribution in [2.24, 2.45) is 0 Å². The Morgan fingerprint density at radius 2 is 2.00 bits per heavy atom. The van der Waals surface area contributed by atoms with Crippen LogP contribution in [0.25, 0.3) is 6.08 Å². The molecule has 1 amide bonds. The molecule has 4 heteroatoms. The van der Waals surface area contributed by atoms with Gasteiger partial charge < -0.3 is 9.64 Å². The molecule has 0 bridgehead atoms. The molecule has 0 fully saturated rings. The van der Waals surface area contributed by atoms with E-state index in [0.29, 0.717) is 18.7 Å². The van der Waals surface area contributed by atoms with Gasteiger partial charge in [-0.25, -0.2) is 0 Å². The Hall–Kier alpha value is -2.88. The first-order valence-electron chi connectivity index (χ1n) is 9.45. The highest BCUT2D eigenvalue weighted by molar-refractivity contribution is 6.05. The lowest BCUT2D eigenvalue weighted by molar-refractivity contribution is -0.114. The number of aryl methyl sites for hydroxylation is 1. The van der Waals surface area contributed by atoms with Crippen LogP contribution in [0.2, 0.25) is 0 Å². The minimum Gasteiger partial charge on any atom is -0.493 e. The maximum Gasteiger partial charge on any atom is 0.251 e. The number of carbonyl (C=O) groups is 2. The number of rotatable bonds is 6. The number of nitrogens with zero attached hydrogens (tertiary/aromatic N) is 1. The zero-order chi connectivity index (χ0) is 19.2. The van der Waals surface area contributed by atoms with Crippen molar-refractivity contribution in [3.05, 3.63) is 65.2 Å². The Morgan fingerprint density at radius 3 is 2.78 bits per heavy atom. The molecule has 27 heavy (non-hydrogen) atoms. The average Bonchev–Trinajstić information content (AvgIpc) is 2.70. The molecular formula is C23H25NO3. The maximum atomic E-state index is 12.9. The molecular weight excluding hydrogens is 338 g/mol. The lowest BCUT2D eigenvalue weighted by Gasteiger charge is -2.29. The Kier molecular flexibility index (Phi) is 6.07. The van der Waals surface area contributed by atoms with Gasteiger partial charge in [0, 0.05) is 29.4 Å². The van der Waals surface area contributed by atoms with E-state index in [2.05, 4.69) is 6.92 Å². The molecule has 0 aliphatic carbocycles. The van der Waals surface area contributed by atoms with Gasteiger partial charge in [0.05, 0.1) is 6.61 Å². The number of benzene rings is 2. The van der Waals surface area contributed by atoms with Crippen LogP contribution < -0.4 is 9.64 Å². The molecule has 0 aromatic heterocycles. The molecule has 1 heterocycles. The van der Waals surface area contributed by atoms with Gasteiger partial charge in [-0.05, 0) is 50.0 Å². The van der Waals surface area contributed by atoms with Crippen LogP contribution >= 0.6 is 0 Å². The summed E-state index contributed by atoms with van der Waals surface area (Å²) in [5, 5.41) is 0. The van der Waals surface area contributed by atoms with E-state index in [1.807, 2.05) is 42.5 Å². The van der Waals surface area contributed by atoms with Crippen LogP contribution in [0.15, 0.2) is 48.5 Å². The van der Waals surface area contributed by atoms with Crippen molar-refractivity contribution in [1.82, 2.24) is 0 Å². The van der Waals surface area contributed by atoms with Gasteiger partial charge in [0.2, 0.25) is 0 Å². The summed E-state index contributed by atoms with van der Waals surface area (Å²) in [5.41, 5.74) is 3.48. The van der Waals surface area contributed by atoms with E-state index in [1.165, 1.54) is 0 Å². The van der Waals surface area contributed by atoms with Crippen LogP contribution in [0, 0.1) is 0 Å². The molecule has 3 rings (SSSR count). The molecule has 0 unspecified atom stereocenters. The van der Waals surface area contributed by atoms with Gasteiger partial charge in [-0.2, -0.15) is 0 Å². The first-order chi connectivity index (χ1) is 13.1. The number of carbonyl (C=O) groups excluding carboxylic acids is 2. The summed E-state index contributed by atoms with van der Waals surface area (Å²) in [6.07, 6.45) is 6.16. The minimum absolute atomic E-state index is 0.00770. The highest BCUT2D eigenvalue weighted by atomic mass is 16.5. The number of ether oxygens (including phenoxy) is 1. The lowest BCUT2D eigenvalue weighted by atomic mass is 9.98. The maximum absolute atomic E-state index is 12.9. The highest BCUT2D eigenvalue weighted by Gasteiger charge is 2.22. The molecule has 1 aliphatic heterocycles. The molecule has 0 spiro atoms. The Balaban J connectivity index is 1.83. The van der Waals surface area contributed by atoms with Crippen molar-refractivity contribution in [1.29, 1.82) is 0 Å². The largest absolute Gasteiger partial charge is 0.493 e. The van der Waals surface area contributed by atoms with Gasteiger partial charge in [0.25, 0.3) is 5.91 Å². The number of hydrogen-bond donors (Lipinski definition) is 0. The second-order valence-corrected chi connectivity index (χ2v) is 6.71. The van der Waals surface area contributed by atoms with Gasteiger partial charge in [-0.3, -0.25) is 9.59 Å². The van der Waals surface area contributed by atoms with Crippen molar-refractivity contribution >= 4 is 23.5 Å². The fourth-order valence-corrected chi connectivity index (χ4v) is 3.24. The Morgan fingerprint density at radius 1 is 1.19 bits per heavy atom. The molecule has 2 aromatic rings. The van der Waals surface area contributed by atoms with Crippen molar-refractivity contribution in [2.75, 3.05) is 18.1 Å². The topological polar surface area (TPSA) is 46.6 Å². The van der Waals surface area contributed by atoms with Gasteiger partial charge >= 0.3 is 0 Å². The van der Waals surface area contributed by atoms with E-state index in [4.69, 9.17) is 4.74 Å². The normalized spacial score (nSPS) is 13.5. The third-order valence-corrected chi connectivity index (χ3v) is 4.66. The van der Waals surface area contributed by atoms with E-state index < -0.39 is 0 Å². The predicted octanol–water partition coefficient (Wildman–Crippen LogP) is 4.67. The number of ketones is 1. The third-order valence-electron chi connectivity index (χ3n) is 4.66. The van der Waals surface area contributed by atoms with Gasteiger partial charge in [0.15, 0.2) is 5.78 Å². The summed E-state index contributed by atoms with van der Waals surface area (Å²) in [6, 6.07) is 13.3. The molecule has 1 aliphatic rings. The van der Waals surface area contributed by atoms with Crippen LogP contribution in [0.4, 0.5) is 5.69 Å². The standard InChI is InChI=1S/C23H25NO3/c1-3-15-27-22-9-5-4-7-19(22)12-13-23(26)24-14-6-8-18-10-11-20(17(2)25)16-21(18)24/h4-5,7,9-13,16H,3,6,8,14-15H2,1-2H3/b13-12+. The summed E-state index contributed by atoms with van der Waals surface area (Å²) < 4.78 is 5.75. The van der Waals surface area contributed by atoms with E-state index in [1.54, 1.807) is 24.0 Å². The van der Waals surface area contributed by atoms with E-state index in [0.717, 1.165) is 41.8 Å². The predicted molar refractivity (Wildman–Crippen MR) is 108 cm³/mol. The van der Waals surface area contributed by atoms with Crippen molar-refractivity contribution in [2.45, 2.75) is 33.1 Å². The third kappa shape index (κ3) is 4.45. The van der Waals surface area contributed by atoms with Crippen molar-refractivity contribution in [3.8, 4) is 5.75 Å². The van der Waals surface area contributed by atoms with Gasteiger partial charge in [-0.1, -0.05) is 37.3 Å². The summed E-state index contributed by atoms with van der Waals surface area (Å²) in [7, 11) is 0. The Labute approximate surface area is 160 Å². The second kappa shape index (κ2) is 8.67. The smallest absolute Gasteiger partial charge is 0.251 e. The fraction of sp³-hybridized carbons (Fsp3) is 0.304. The van der Waals surface area contributed by atoms with E-state index >= 15 is 0 Å². The van der Waals surface area contributed by atoms with Crippen molar-refractivity contribution in [3.63, 3.8) is 0 Å². The van der Waals surface area contributed by atoms with Crippen LogP contribution in [-0.2, 0) is 11.2 Å². The van der Waals surface area contributed by atoms with Crippen LogP contribution in [0.3, 0.4) is 0 Å². The van der Waals surface area contributed by atoms with Crippen LogP contribution in [0.5, 0.6) is 5.75 Å². The summed E-state index contributed by atoms with van der Waals surface area (Å²) in [4.78, 5) is 26.3. The number of anilines is 1. The van der Waals surface area contributed by atoms with E-state index in [-0.39, 0.29) is 11.7 Å². The van der Waals surface area contributed by atoms with Crippen LogP contribution in [0.1, 0.15) is 48.2 Å². The fourth-order valence-electron chi connectivity index (χ4n) is 3.24. The molecule has 140 valence electrons. The molecule has 0 saturated carbocycles. The first-order valence-corrected chi connectivity index (χ1v) is 9.45.